The number of hydroxylamine groups is 3. The summed E-state index contributed by atoms with van der Waals surface area (Å²) < 4.78 is 7.73. The van der Waals surface area contributed by atoms with Crippen molar-refractivity contribution in [2.24, 2.45) is 0 Å². The largest absolute Gasteiger partial charge is 0.633 e. The van der Waals surface area contributed by atoms with E-state index in [0.717, 1.165) is 24.9 Å². The fourth-order valence-corrected chi connectivity index (χ4v) is 4.81. The monoisotopic (exact) mass is 355 g/mol. The first-order valence-corrected chi connectivity index (χ1v) is 9.89. The van der Waals surface area contributed by atoms with Crippen LogP contribution in [-0.4, -0.2) is 46.3 Å². The van der Waals surface area contributed by atoms with Crippen molar-refractivity contribution in [2.75, 3.05) is 19.6 Å². The molecule has 1 saturated heterocycles. The molecular formula is C21H29N3O2. The van der Waals surface area contributed by atoms with E-state index < -0.39 is 0 Å². The molecule has 1 aliphatic heterocycles. The van der Waals surface area contributed by atoms with E-state index in [-0.39, 0.29) is 16.9 Å². The fraction of sp³-hybridized carbons (Fsp3) is 0.571. The van der Waals surface area contributed by atoms with E-state index in [1.54, 1.807) is 0 Å². The molecule has 5 heteroatoms. The van der Waals surface area contributed by atoms with Crippen LogP contribution in [0, 0.1) is 5.21 Å². The Labute approximate surface area is 155 Å². The first-order chi connectivity index (χ1) is 12.5. The molecule has 3 unspecified atom stereocenters. The van der Waals surface area contributed by atoms with Crippen LogP contribution in [0.4, 0.5) is 0 Å². The molecule has 1 aliphatic carbocycles. The lowest BCUT2D eigenvalue weighted by Gasteiger charge is -2.50. The smallest absolute Gasteiger partial charge is 0.105 e. The molecule has 0 amide bonds. The van der Waals surface area contributed by atoms with E-state index in [2.05, 4.69) is 34.0 Å². The predicted molar refractivity (Wildman–Crippen MR) is 102 cm³/mol. The van der Waals surface area contributed by atoms with Gasteiger partial charge in [-0.05, 0) is 56.7 Å². The topological polar surface area (TPSA) is 50.1 Å². The molecule has 1 fully saturated rings. The van der Waals surface area contributed by atoms with E-state index in [1.807, 2.05) is 26.1 Å². The van der Waals surface area contributed by atoms with Gasteiger partial charge in [0.1, 0.15) is 25.3 Å². The maximum Gasteiger partial charge on any atom is 0.105 e. The minimum atomic E-state index is -0.110. The minimum absolute atomic E-state index is 0.0546. The number of quaternary nitrogens is 1. The normalized spacial score (nSPS) is 31.6. The van der Waals surface area contributed by atoms with E-state index in [0.29, 0.717) is 25.6 Å². The van der Waals surface area contributed by atoms with Crippen molar-refractivity contribution in [3.8, 4) is 5.69 Å². The fourth-order valence-electron chi connectivity index (χ4n) is 4.81. The van der Waals surface area contributed by atoms with Gasteiger partial charge in [0.05, 0.1) is 18.4 Å². The SMILES string of the molecule is CC1C[N+]([O-])(CCC2CCCc3c2cnn3-c2ccccc2)CC(C)O1. The highest BCUT2D eigenvalue weighted by atomic mass is 16.6. The van der Waals surface area contributed by atoms with Crippen molar-refractivity contribution in [2.45, 2.75) is 57.7 Å². The summed E-state index contributed by atoms with van der Waals surface area (Å²) in [4.78, 5) is 0. The van der Waals surface area contributed by atoms with Gasteiger partial charge in [-0.2, -0.15) is 5.10 Å². The summed E-state index contributed by atoms with van der Waals surface area (Å²) in [5.41, 5.74) is 3.80. The Morgan fingerprint density at radius 3 is 2.65 bits per heavy atom. The van der Waals surface area contributed by atoms with E-state index in [4.69, 9.17) is 4.74 Å². The van der Waals surface area contributed by atoms with Crippen LogP contribution in [0.5, 0.6) is 0 Å². The van der Waals surface area contributed by atoms with Crippen molar-refractivity contribution >= 4 is 0 Å². The number of aromatic nitrogens is 2. The Morgan fingerprint density at radius 2 is 1.92 bits per heavy atom. The molecule has 26 heavy (non-hydrogen) atoms. The number of morpholine rings is 1. The molecule has 2 aliphatic rings. The van der Waals surface area contributed by atoms with Crippen molar-refractivity contribution in [1.29, 1.82) is 0 Å². The third-order valence-corrected chi connectivity index (χ3v) is 5.84. The number of benzene rings is 1. The Balaban J connectivity index is 1.50. The number of ether oxygens (including phenoxy) is 1. The number of hydrogen-bond donors (Lipinski definition) is 0. The van der Waals surface area contributed by atoms with Crippen LogP contribution < -0.4 is 0 Å². The molecule has 0 radical (unpaired) electrons. The highest BCUT2D eigenvalue weighted by Crippen LogP contribution is 2.36. The highest BCUT2D eigenvalue weighted by molar-refractivity contribution is 5.37. The van der Waals surface area contributed by atoms with Gasteiger partial charge in [0.25, 0.3) is 0 Å². The molecule has 1 aromatic heterocycles. The van der Waals surface area contributed by atoms with Gasteiger partial charge in [0.15, 0.2) is 0 Å². The Hall–Kier alpha value is -1.69. The Kier molecular flexibility index (Phi) is 4.86. The summed E-state index contributed by atoms with van der Waals surface area (Å²) in [6.07, 6.45) is 6.49. The molecule has 0 N–H and O–H groups in total. The second-order valence-electron chi connectivity index (χ2n) is 8.08. The van der Waals surface area contributed by atoms with Crippen LogP contribution in [0.2, 0.25) is 0 Å². The number of rotatable bonds is 4. The standard InChI is InChI=1S/C21H29N3O2/c1-16-14-24(25,15-17(2)26-16)12-11-18-7-6-10-21-20(18)13-22-23(21)19-8-4-3-5-9-19/h3-5,8-9,13,16-18H,6-7,10-12,14-15H2,1-2H3. The Bertz CT molecular complexity index is 733. The quantitative estimate of drug-likeness (QED) is 0.619. The lowest BCUT2D eigenvalue weighted by molar-refractivity contribution is -0.896. The van der Waals surface area contributed by atoms with Crippen molar-refractivity contribution < 1.29 is 9.38 Å². The van der Waals surface area contributed by atoms with Crippen LogP contribution in [0.25, 0.3) is 5.69 Å². The molecular weight excluding hydrogens is 326 g/mol. The van der Waals surface area contributed by atoms with Crippen molar-refractivity contribution in [1.82, 2.24) is 9.78 Å². The molecule has 140 valence electrons. The highest BCUT2D eigenvalue weighted by Gasteiger charge is 2.33. The number of fused-ring (bicyclic) bond motifs is 1. The molecule has 0 bridgehead atoms. The van der Waals surface area contributed by atoms with Gasteiger partial charge in [-0.3, -0.25) is 0 Å². The average Bonchev–Trinajstić information content (AvgIpc) is 3.04. The van der Waals surface area contributed by atoms with Crippen LogP contribution in [0.15, 0.2) is 36.5 Å². The molecule has 3 atom stereocenters. The number of para-hydroxylation sites is 1. The van der Waals surface area contributed by atoms with Gasteiger partial charge in [0.2, 0.25) is 0 Å². The zero-order valence-corrected chi connectivity index (χ0v) is 15.8. The second kappa shape index (κ2) is 7.14. The molecule has 4 rings (SSSR count). The van der Waals surface area contributed by atoms with E-state index in [9.17, 15) is 5.21 Å². The Morgan fingerprint density at radius 1 is 1.19 bits per heavy atom. The van der Waals surface area contributed by atoms with Gasteiger partial charge < -0.3 is 14.6 Å². The number of nitrogens with zero attached hydrogens (tertiary/aromatic N) is 3. The van der Waals surface area contributed by atoms with Crippen LogP contribution >= 0.6 is 0 Å². The lowest BCUT2D eigenvalue weighted by Crippen LogP contribution is -2.56. The molecule has 2 aromatic rings. The van der Waals surface area contributed by atoms with Crippen LogP contribution in [0.1, 0.15) is 50.3 Å². The van der Waals surface area contributed by atoms with Crippen molar-refractivity contribution in [3.63, 3.8) is 0 Å². The lowest BCUT2D eigenvalue weighted by atomic mass is 9.84. The zero-order chi connectivity index (χ0) is 18.1. The summed E-state index contributed by atoms with van der Waals surface area (Å²) in [5, 5.41) is 17.8. The van der Waals surface area contributed by atoms with Gasteiger partial charge in [-0.15, -0.1) is 0 Å². The van der Waals surface area contributed by atoms with Gasteiger partial charge in [-0.25, -0.2) is 4.68 Å². The van der Waals surface area contributed by atoms with Gasteiger partial charge >= 0.3 is 0 Å². The summed E-state index contributed by atoms with van der Waals surface area (Å²) in [6, 6.07) is 10.3. The predicted octanol–water partition coefficient (Wildman–Crippen LogP) is 3.80. The zero-order valence-electron chi connectivity index (χ0n) is 15.8. The maximum absolute atomic E-state index is 13.2. The van der Waals surface area contributed by atoms with Crippen LogP contribution in [-0.2, 0) is 11.2 Å². The van der Waals surface area contributed by atoms with Gasteiger partial charge in [-0.1, -0.05) is 18.2 Å². The average molecular weight is 355 g/mol. The first kappa shape index (κ1) is 17.7. The van der Waals surface area contributed by atoms with E-state index >= 15 is 0 Å². The minimum Gasteiger partial charge on any atom is -0.633 e. The molecule has 1 aromatic carbocycles. The summed E-state index contributed by atoms with van der Waals surface area (Å²) >= 11 is 0. The third kappa shape index (κ3) is 3.56. The van der Waals surface area contributed by atoms with Gasteiger partial charge in [0, 0.05) is 12.1 Å². The van der Waals surface area contributed by atoms with Crippen LogP contribution in [0.3, 0.4) is 0 Å². The summed E-state index contributed by atoms with van der Waals surface area (Å²) in [7, 11) is 0. The van der Waals surface area contributed by atoms with E-state index in [1.165, 1.54) is 17.7 Å². The molecule has 0 spiro atoms. The summed E-state index contributed by atoms with van der Waals surface area (Å²) in [6.45, 7) is 5.87. The maximum atomic E-state index is 13.2. The molecule has 0 saturated carbocycles. The second-order valence-corrected chi connectivity index (χ2v) is 8.08. The molecule has 2 heterocycles. The number of hydrogen-bond acceptors (Lipinski definition) is 3. The molecule has 5 nitrogen and oxygen atoms in total. The summed E-state index contributed by atoms with van der Waals surface area (Å²) in [5.74, 6) is 0.452. The van der Waals surface area contributed by atoms with Crippen molar-refractivity contribution in [3.05, 3.63) is 53.0 Å². The first-order valence-electron chi connectivity index (χ1n) is 9.89. The third-order valence-electron chi connectivity index (χ3n) is 5.84.